The van der Waals surface area contributed by atoms with Crippen LogP contribution in [-0.2, 0) is 9.59 Å². The molecule has 1 unspecified atom stereocenters. The number of hydrogen-bond acceptors (Lipinski definition) is 5. The summed E-state index contributed by atoms with van der Waals surface area (Å²) < 4.78 is 0. The van der Waals surface area contributed by atoms with Crippen LogP contribution in [0.25, 0.3) is 0 Å². The molecule has 1 aromatic carbocycles. The van der Waals surface area contributed by atoms with Gasteiger partial charge in [0, 0.05) is 13.0 Å². The van der Waals surface area contributed by atoms with Crippen molar-refractivity contribution in [1.29, 1.82) is 0 Å². The maximum absolute atomic E-state index is 12.5. The largest absolute Gasteiger partial charge is 0.508 e. The first-order valence-electron chi connectivity index (χ1n) is 8.07. The fourth-order valence-electron chi connectivity index (χ4n) is 2.96. The lowest BCUT2D eigenvalue weighted by Crippen LogP contribution is -2.33. The molecule has 24 heavy (non-hydrogen) atoms. The molecule has 0 radical (unpaired) electrons. The van der Waals surface area contributed by atoms with E-state index in [-0.39, 0.29) is 23.5 Å². The zero-order valence-corrected chi connectivity index (χ0v) is 14.3. The van der Waals surface area contributed by atoms with E-state index in [0.29, 0.717) is 12.1 Å². The number of phenolic OH excluding ortho intramolecular Hbond substituents is 1. The van der Waals surface area contributed by atoms with Gasteiger partial charge in [0.05, 0.1) is 11.6 Å². The second kappa shape index (κ2) is 7.49. The highest BCUT2D eigenvalue weighted by atomic mass is 16.3. The van der Waals surface area contributed by atoms with Crippen molar-refractivity contribution < 1.29 is 19.8 Å². The van der Waals surface area contributed by atoms with Gasteiger partial charge in [0.1, 0.15) is 5.75 Å². The molecular formula is C18H24N2O4. The number of aliphatic hydroxyl groups is 1. The van der Waals surface area contributed by atoms with Crippen molar-refractivity contribution >= 4 is 11.7 Å². The van der Waals surface area contributed by atoms with Gasteiger partial charge in [-0.2, -0.15) is 0 Å². The normalized spacial score (nSPS) is 17.9. The van der Waals surface area contributed by atoms with Crippen LogP contribution in [0.15, 0.2) is 35.6 Å². The molecule has 0 saturated carbocycles. The lowest BCUT2D eigenvalue weighted by molar-refractivity contribution is -0.129. The summed E-state index contributed by atoms with van der Waals surface area (Å²) in [6.45, 7) is 2.90. The third-order valence-electron chi connectivity index (χ3n) is 4.12. The average molecular weight is 332 g/mol. The lowest BCUT2D eigenvalue weighted by atomic mass is 9.95. The third kappa shape index (κ3) is 3.59. The molecule has 1 aliphatic rings. The second-order valence-corrected chi connectivity index (χ2v) is 6.19. The highest BCUT2D eigenvalue weighted by Gasteiger charge is 2.42. The molecule has 1 aromatic rings. The lowest BCUT2D eigenvalue weighted by Gasteiger charge is -2.27. The zero-order valence-electron chi connectivity index (χ0n) is 14.3. The van der Waals surface area contributed by atoms with E-state index < -0.39 is 17.7 Å². The topological polar surface area (TPSA) is 81.1 Å². The van der Waals surface area contributed by atoms with Gasteiger partial charge in [-0.3, -0.25) is 9.59 Å². The summed E-state index contributed by atoms with van der Waals surface area (Å²) in [4.78, 5) is 28.3. The van der Waals surface area contributed by atoms with E-state index in [4.69, 9.17) is 0 Å². The molecule has 0 aromatic heterocycles. The number of carbonyl (C=O) groups excluding carboxylic acids is 2. The number of carbonyl (C=O) groups is 2. The van der Waals surface area contributed by atoms with Crippen LogP contribution in [0.2, 0.25) is 0 Å². The molecule has 2 N–H and O–H groups in total. The van der Waals surface area contributed by atoms with Gasteiger partial charge < -0.3 is 20.0 Å². The maximum Gasteiger partial charge on any atom is 0.290 e. The van der Waals surface area contributed by atoms with Gasteiger partial charge in [0.15, 0.2) is 11.5 Å². The van der Waals surface area contributed by atoms with Crippen molar-refractivity contribution in [3.63, 3.8) is 0 Å². The Morgan fingerprint density at radius 2 is 2.00 bits per heavy atom. The van der Waals surface area contributed by atoms with Gasteiger partial charge in [0.2, 0.25) is 0 Å². The van der Waals surface area contributed by atoms with Crippen LogP contribution in [0.4, 0.5) is 0 Å². The van der Waals surface area contributed by atoms with Crippen LogP contribution >= 0.6 is 0 Å². The summed E-state index contributed by atoms with van der Waals surface area (Å²) in [6, 6.07) is 5.81. The Hall–Kier alpha value is -2.34. The summed E-state index contributed by atoms with van der Waals surface area (Å²) in [7, 11) is 3.89. The molecule has 130 valence electrons. The van der Waals surface area contributed by atoms with Crippen LogP contribution in [-0.4, -0.2) is 58.9 Å². The Kier molecular flexibility index (Phi) is 5.62. The Balaban J connectivity index is 2.39. The predicted molar refractivity (Wildman–Crippen MR) is 90.7 cm³/mol. The summed E-state index contributed by atoms with van der Waals surface area (Å²) in [5, 5.41) is 20.0. The number of aromatic hydroxyl groups is 1. The minimum Gasteiger partial charge on any atom is -0.508 e. The molecule has 6 nitrogen and oxygen atoms in total. The summed E-state index contributed by atoms with van der Waals surface area (Å²) in [5.41, 5.74) is 0.743. The molecule has 0 bridgehead atoms. The molecule has 6 heteroatoms. The quantitative estimate of drug-likeness (QED) is 0.798. The summed E-state index contributed by atoms with van der Waals surface area (Å²) >= 11 is 0. The number of phenols is 1. The summed E-state index contributed by atoms with van der Waals surface area (Å²) in [5.74, 6) is -1.20. The Labute approximate surface area is 142 Å². The highest BCUT2D eigenvalue weighted by molar-refractivity contribution is 6.08. The number of ketones is 1. The molecule has 0 spiro atoms. The third-order valence-corrected chi connectivity index (χ3v) is 4.12. The van der Waals surface area contributed by atoms with Crippen molar-refractivity contribution in [2.24, 2.45) is 0 Å². The molecule has 1 amide bonds. The number of benzene rings is 1. The monoisotopic (exact) mass is 332 g/mol. The number of hydrogen-bond donors (Lipinski definition) is 2. The van der Waals surface area contributed by atoms with E-state index in [1.165, 1.54) is 17.0 Å². The van der Waals surface area contributed by atoms with Crippen molar-refractivity contribution in [2.75, 3.05) is 27.2 Å². The van der Waals surface area contributed by atoms with Crippen molar-refractivity contribution in [3.05, 3.63) is 41.2 Å². The van der Waals surface area contributed by atoms with Crippen LogP contribution in [0.3, 0.4) is 0 Å². The van der Waals surface area contributed by atoms with Gasteiger partial charge in [-0.1, -0.05) is 19.1 Å². The number of rotatable bonds is 7. The van der Waals surface area contributed by atoms with Gasteiger partial charge in [-0.15, -0.1) is 0 Å². The molecule has 0 aliphatic carbocycles. The first kappa shape index (κ1) is 18.0. The standard InChI is InChI=1S/C18H24N2O4/c1-4-14(22)15-16(12-7-5-8-13(21)11-12)20(18(24)17(15)23)10-6-9-19(2)3/h5,7-8,11,16,21,23H,4,6,9-10H2,1-3H3. The highest BCUT2D eigenvalue weighted by Crippen LogP contribution is 2.39. The van der Waals surface area contributed by atoms with E-state index in [1.807, 2.05) is 19.0 Å². The Morgan fingerprint density at radius 1 is 1.29 bits per heavy atom. The Morgan fingerprint density at radius 3 is 2.58 bits per heavy atom. The van der Waals surface area contributed by atoms with Crippen LogP contribution in [0.1, 0.15) is 31.4 Å². The minimum absolute atomic E-state index is 0.0582. The summed E-state index contributed by atoms with van der Waals surface area (Å²) in [6.07, 6.45) is 0.919. The maximum atomic E-state index is 12.5. The number of nitrogens with zero attached hydrogens (tertiary/aromatic N) is 2. The average Bonchev–Trinajstić information content (AvgIpc) is 2.78. The smallest absolute Gasteiger partial charge is 0.290 e. The first-order chi connectivity index (χ1) is 11.4. The molecule has 1 heterocycles. The zero-order chi connectivity index (χ0) is 17.9. The van der Waals surface area contributed by atoms with Crippen molar-refractivity contribution in [3.8, 4) is 5.75 Å². The molecular weight excluding hydrogens is 308 g/mol. The SMILES string of the molecule is CCC(=O)C1=C(O)C(=O)N(CCCN(C)C)C1c1cccc(O)c1. The van der Waals surface area contributed by atoms with E-state index in [2.05, 4.69) is 0 Å². The number of aliphatic hydroxyl groups excluding tert-OH is 1. The Bertz CT molecular complexity index is 667. The predicted octanol–water partition coefficient (Wildman–Crippen LogP) is 2.02. The van der Waals surface area contributed by atoms with E-state index >= 15 is 0 Å². The van der Waals surface area contributed by atoms with Gasteiger partial charge in [-0.25, -0.2) is 0 Å². The molecule has 1 atom stereocenters. The number of amides is 1. The molecule has 1 aliphatic heterocycles. The van der Waals surface area contributed by atoms with E-state index in [1.54, 1.807) is 19.1 Å². The van der Waals surface area contributed by atoms with E-state index in [9.17, 15) is 19.8 Å². The van der Waals surface area contributed by atoms with Crippen LogP contribution in [0, 0.1) is 0 Å². The molecule has 0 fully saturated rings. The fourth-order valence-corrected chi connectivity index (χ4v) is 2.96. The van der Waals surface area contributed by atoms with Gasteiger partial charge in [0.25, 0.3) is 5.91 Å². The number of Topliss-reactive ketones (excluding diaryl/α,β-unsaturated/α-hetero) is 1. The van der Waals surface area contributed by atoms with Gasteiger partial charge in [-0.05, 0) is 44.8 Å². The van der Waals surface area contributed by atoms with Crippen molar-refractivity contribution in [1.82, 2.24) is 9.80 Å². The molecule has 2 rings (SSSR count). The minimum atomic E-state index is -0.654. The van der Waals surface area contributed by atoms with Gasteiger partial charge >= 0.3 is 0 Å². The fraction of sp³-hybridized carbons (Fsp3) is 0.444. The van der Waals surface area contributed by atoms with Crippen LogP contribution in [0.5, 0.6) is 5.75 Å². The van der Waals surface area contributed by atoms with Crippen LogP contribution < -0.4 is 0 Å². The first-order valence-corrected chi connectivity index (χ1v) is 8.07. The second-order valence-electron chi connectivity index (χ2n) is 6.19. The van der Waals surface area contributed by atoms with Crippen molar-refractivity contribution in [2.45, 2.75) is 25.8 Å². The van der Waals surface area contributed by atoms with E-state index in [0.717, 1.165) is 13.0 Å². The molecule has 0 saturated heterocycles.